The number of halogens is 1. The highest BCUT2D eigenvalue weighted by Crippen LogP contribution is 2.31. The van der Waals surface area contributed by atoms with E-state index in [2.05, 4.69) is 48.7 Å². The zero-order valence-electron chi connectivity index (χ0n) is 38.1. The van der Waals surface area contributed by atoms with Gasteiger partial charge in [-0.15, -0.1) is 0 Å². The lowest BCUT2D eigenvalue weighted by Gasteiger charge is -2.32. The third-order valence-corrected chi connectivity index (χ3v) is 10.9. The van der Waals surface area contributed by atoms with Crippen molar-refractivity contribution in [3.8, 4) is 0 Å². The smallest absolute Gasteiger partial charge is 0.317 e. The zero-order valence-corrected chi connectivity index (χ0v) is 38.1. The van der Waals surface area contributed by atoms with Crippen LogP contribution in [0.25, 0.3) is 11.2 Å². The number of anilines is 3. The van der Waals surface area contributed by atoms with Crippen LogP contribution in [-0.4, -0.2) is 198 Å². The van der Waals surface area contributed by atoms with Gasteiger partial charge in [-0.3, -0.25) is 48.3 Å². The van der Waals surface area contributed by atoms with E-state index in [1.807, 2.05) is 32.2 Å². The molecule has 5 rings (SSSR count). The standard InChI is InChI=1S/C39H62FN13O7.C3H5NO/c1-5-29-30(43-36-35-37(53(27-42-35)39(2,3)4)45-38(44-36)51-12-9-28(40)21-51)22-52(46-29)11-8-6-7-10-41-31(54)23-47-13-15-48(24-32(55)56)17-19-50(26-34(59)60)20-18-49(16-14-47)25-33(57)58;1-2-3(4)5/h22,27-28H,5-21,23-26H2,1-4H3,(H,41,54)(H,55,56)(H,57,58)(H,59,60)(H,43,44,45);2H,1H2,(H2,4,5). The molecule has 2 saturated heterocycles. The molecule has 3 aromatic rings. The van der Waals surface area contributed by atoms with Crippen molar-refractivity contribution in [2.45, 2.75) is 78.1 Å². The Kier molecular flexibility index (Phi) is 20.0. The minimum absolute atomic E-state index is 0.0702. The second kappa shape index (κ2) is 25.1. The van der Waals surface area contributed by atoms with Gasteiger partial charge in [0.15, 0.2) is 17.0 Å². The third kappa shape index (κ3) is 17.3. The number of hydrogen-bond acceptors (Lipinski definition) is 15. The Labute approximate surface area is 378 Å². The van der Waals surface area contributed by atoms with Gasteiger partial charge in [0.1, 0.15) is 6.17 Å². The summed E-state index contributed by atoms with van der Waals surface area (Å²) in [5.41, 5.74) is 7.23. The van der Waals surface area contributed by atoms with Gasteiger partial charge in [0.2, 0.25) is 17.8 Å². The second-order valence-electron chi connectivity index (χ2n) is 17.2. The molecule has 0 bridgehead atoms. The molecule has 2 aliphatic rings. The van der Waals surface area contributed by atoms with E-state index in [-0.39, 0.29) is 44.2 Å². The Morgan fingerprint density at radius 3 is 1.85 bits per heavy atom. The fourth-order valence-electron chi connectivity index (χ4n) is 7.42. The number of rotatable bonds is 19. The van der Waals surface area contributed by atoms with Crippen LogP contribution < -0.4 is 21.3 Å². The number of alkyl halides is 1. The number of primary amides is 1. The van der Waals surface area contributed by atoms with Crippen molar-refractivity contribution >= 4 is 58.3 Å². The third-order valence-electron chi connectivity index (χ3n) is 10.9. The number of nitrogens with two attached hydrogens (primary N) is 1. The summed E-state index contributed by atoms with van der Waals surface area (Å²) in [5.74, 6) is -2.68. The van der Waals surface area contributed by atoms with E-state index in [1.54, 1.807) is 21.0 Å². The molecule has 2 fully saturated rings. The normalized spacial score (nSPS) is 17.4. The van der Waals surface area contributed by atoms with E-state index < -0.39 is 30.0 Å². The van der Waals surface area contributed by atoms with Crippen molar-refractivity contribution in [3.05, 3.63) is 30.9 Å². The lowest BCUT2D eigenvalue weighted by atomic mass is 10.1. The molecule has 0 aliphatic carbocycles. The molecule has 0 saturated carbocycles. The first-order chi connectivity index (χ1) is 30.8. The summed E-state index contributed by atoms with van der Waals surface area (Å²) in [6, 6.07) is 0. The summed E-state index contributed by atoms with van der Waals surface area (Å²) in [6.07, 6.45) is 7.40. The van der Waals surface area contributed by atoms with Gasteiger partial charge in [0.05, 0.1) is 50.4 Å². The van der Waals surface area contributed by atoms with Crippen LogP contribution in [0.5, 0.6) is 0 Å². The van der Waals surface area contributed by atoms with Crippen LogP contribution in [0.2, 0.25) is 0 Å². The molecule has 22 nitrogen and oxygen atoms in total. The Morgan fingerprint density at radius 1 is 0.846 bits per heavy atom. The Morgan fingerprint density at radius 2 is 1.38 bits per heavy atom. The molecule has 2 aliphatic heterocycles. The number of unbranched alkanes of at least 4 members (excludes halogenated alkanes) is 2. The number of nitrogens with one attached hydrogen (secondary N) is 2. The summed E-state index contributed by atoms with van der Waals surface area (Å²) < 4.78 is 18.1. The molecule has 0 radical (unpaired) electrons. The van der Waals surface area contributed by atoms with Gasteiger partial charge in [-0.2, -0.15) is 15.1 Å². The van der Waals surface area contributed by atoms with Crippen LogP contribution in [-0.2, 0) is 42.5 Å². The maximum Gasteiger partial charge on any atom is 0.317 e. The zero-order chi connectivity index (χ0) is 47.7. The number of carbonyl (C=O) groups is 5. The second-order valence-corrected chi connectivity index (χ2v) is 17.2. The summed E-state index contributed by atoms with van der Waals surface area (Å²) in [5, 5.41) is 39.6. The first-order valence-corrected chi connectivity index (χ1v) is 22.1. The number of imidazole rings is 1. The molecule has 0 aromatic carbocycles. The summed E-state index contributed by atoms with van der Waals surface area (Å²) >= 11 is 0. The van der Waals surface area contributed by atoms with Crippen LogP contribution in [0.1, 0.15) is 59.1 Å². The monoisotopic (exact) mass is 915 g/mol. The van der Waals surface area contributed by atoms with E-state index >= 15 is 0 Å². The van der Waals surface area contributed by atoms with E-state index in [9.17, 15) is 43.7 Å². The van der Waals surface area contributed by atoms with Crippen molar-refractivity contribution in [3.63, 3.8) is 0 Å². The van der Waals surface area contributed by atoms with Gasteiger partial charge in [0, 0.05) is 83.7 Å². The number of fused-ring (bicyclic) bond motifs is 1. The van der Waals surface area contributed by atoms with Crippen molar-refractivity contribution in [1.29, 1.82) is 0 Å². The van der Waals surface area contributed by atoms with Gasteiger partial charge in [-0.05, 0) is 59.0 Å². The topological polar surface area (TPSA) is 274 Å². The first kappa shape index (κ1) is 51.9. The van der Waals surface area contributed by atoms with E-state index in [0.717, 1.165) is 36.7 Å². The number of aliphatic carboxylic acids is 3. The van der Waals surface area contributed by atoms with Crippen LogP contribution in [0.15, 0.2) is 25.2 Å². The van der Waals surface area contributed by atoms with Crippen molar-refractivity contribution in [2.75, 3.05) is 108 Å². The fraction of sp³-hybridized carbons (Fsp3) is 0.643. The van der Waals surface area contributed by atoms with Crippen LogP contribution in [0.3, 0.4) is 0 Å². The highest BCUT2D eigenvalue weighted by molar-refractivity contribution is 5.87. The fourth-order valence-corrected chi connectivity index (χ4v) is 7.42. The van der Waals surface area contributed by atoms with Gasteiger partial charge in [0.25, 0.3) is 0 Å². The number of hydrogen-bond donors (Lipinski definition) is 6. The molecule has 1 unspecified atom stereocenters. The molecule has 3 aromatic heterocycles. The molecule has 5 heterocycles. The number of carboxylic acid groups (broad SMARTS) is 3. The molecule has 0 spiro atoms. The lowest BCUT2D eigenvalue weighted by molar-refractivity contribution is -0.140. The maximum atomic E-state index is 14.2. The van der Waals surface area contributed by atoms with Gasteiger partial charge in [-0.25, -0.2) is 9.37 Å². The van der Waals surface area contributed by atoms with Gasteiger partial charge < -0.3 is 41.2 Å². The van der Waals surface area contributed by atoms with Crippen LogP contribution >= 0.6 is 0 Å². The number of aryl methyl sites for hydroxylation is 2. The average Bonchev–Trinajstić information content (AvgIpc) is 3.98. The first-order valence-electron chi connectivity index (χ1n) is 22.1. The molecular weight excluding hydrogens is 848 g/mol. The number of carboxylic acids is 3. The Balaban J connectivity index is 0.00000175. The minimum Gasteiger partial charge on any atom is -0.480 e. The Bertz CT molecular complexity index is 2040. The van der Waals surface area contributed by atoms with Crippen molar-refractivity contribution < 1.29 is 43.7 Å². The molecular formula is C42H67FN14O8. The van der Waals surface area contributed by atoms with E-state index in [0.29, 0.717) is 108 Å². The number of carbonyl (C=O) groups excluding carboxylic acids is 2. The van der Waals surface area contributed by atoms with Gasteiger partial charge in [-0.1, -0.05) is 13.5 Å². The predicted octanol–water partition coefficient (Wildman–Crippen LogP) is 1.05. The maximum absolute atomic E-state index is 14.2. The highest BCUT2D eigenvalue weighted by atomic mass is 19.1. The number of amides is 2. The molecule has 2 amide bonds. The highest BCUT2D eigenvalue weighted by Gasteiger charge is 2.28. The molecule has 360 valence electrons. The average molecular weight is 915 g/mol. The van der Waals surface area contributed by atoms with Crippen molar-refractivity contribution in [1.82, 2.24) is 54.2 Å². The van der Waals surface area contributed by atoms with E-state index in [4.69, 9.17) is 15.1 Å². The molecule has 65 heavy (non-hydrogen) atoms. The largest absolute Gasteiger partial charge is 0.480 e. The number of nitrogens with zero attached hydrogens (tertiary/aromatic N) is 11. The van der Waals surface area contributed by atoms with Gasteiger partial charge >= 0.3 is 17.9 Å². The molecule has 1 atom stereocenters. The quantitative estimate of drug-likeness (QED) is 0.0725. The predicted molar refractivity (Wildman–Crippen MR) is 242 cm³/mol. The SMILES string of the molecule is C=CC(N)=O.CCc1nn(CCCCCNC(=O)CN2CCN(CC(=O)O)CCN(CC(=O)O)CCN(CC(=O)O)CC2)cc1Nc1nc(N2CCC(F)C2)nc2c1ncn2C(C)(C)C. The molecule has 23 heteroatoms. The summed E-state index contributed by atoms with van der Waals surface area (Å²) in [4.78, 5) is 80.4. The summed E-state index contributed by atoms with van der Waals surface area (Å²) in [7, 11) is 0. The summed E-state index contributed by atoms with van der Waals surface area (Å²) in [6.45, 7) is 15.3. The van der Waals surface area contributed by atoms with Crippen molar-refractivity contribution in [2.24, 2.45) is 5.73 Å². The van der Waals surface area contributed by atoms with Crippen LogP contribution in [0, 0.1) is 0 Å². The van der Waals surface area contributed by atoms with Crippen LogP contribution in [0.4, 0.5) is 21.8 Å². The number of aromatic nitrogens is 6. The minimum atomic E-state index is -1.02. The molecule has 7 N–H and O–H groups in total. The van der Waals surface area contributed by atoms with E-state index in [1.165, 1.54) is 0 Å². The Hall–Kier alpha value is -5.78. The lowest BCUT2D eigenvalue weighted by Crippen LogP contribution is -2.49.